The molecule has 2 aromatic heterocycles. The van der Waals surface area contributed by atoms with Crippen LogP contribution in [0.1, 0.15) is 31.7 Å². The zero-order valence-corrected chi connectivity index (χ0v) is 18.2. The molecule has 1 aromatic carbocycles. The van der Waals surface area contributed by atoms with E-state index in [0.29, 0.717) is 32.2 Å². The average Bonchev–Trinajstić information content (AvgIpc) is 3.37. The Balaban J connectivity index is 1.43. The van der Waals surface area contributed by atoms with Crippen molar-refractivity contribution in [2.24, 2.45) is 5.41 Å². The number of hydrogen-bond donors (Lipinski definition) is 2. The molecule has 31 heavy (non-hydrogen) atoms. The number of carbonyl (C=O) groups is 1. The number of aromatic nitrogens is 4. The van der Waals surface area contributed by atoms with Crippen LogP contribution in [0.5, 0.6) is 0 Å². The minimum Gasteiger partial charge on any atom is -0.382 e. The molecule has 0 radical (unpaired) electrons. The number of rotatable bonds is 7. The zero-order chi connectivity index (χ0) is 21.4. The van der Waals surface area contributed by atoms with Gasteiger partial charge in [0.2, 0.25) is 5.91 Å². The standard InChI is InChI=1S/C23H30N6O2/c1-16-4-5-17-18(26-16)6-7-19-22(17)27-20(8-11-28-10-3-9-25-28)29(19)12-21(30)24-13-23(2)14-31-15-23/h3,6-7,9-10,16,26H,4-5,8,11-15H2,1-2H3,(H,24,30)/t16-/m0/s1. The highest BCUT2D eigenvalue weighted by atomic mass is 16.5. The van der Waals surface area contributed by atoms with E-state index in [2.05, 4.69) is 46.3 Å². The second-order valence-corrected chi connectivity index (χ2v) is 9.26. The fourth-order valence-electron chi connectivity index (χ4n) is 4.46. The van der Waals surface area contributed by atoms with Gasteiger partial charge in [-0.1, -0.05) is 6.92 Å². The molecule has 164 valence electrons. The van der Waals surface area contributed by atoms with Gasteiger partial charge >= 0.3 is 0 Å². The zero-order valence-electron chi connectivity index (χ0n) is 18.2. The van der Waals surface area contributed by atoms with Crippen LogP contribution in [-0.2, 0) is 35.5 Å². The Labute approximate surface area is 182 Å². The SMILES string of the molecule is C[C@H]1CCc2c(ccc3c2nc(CCn2cccn2)n3CC(=O)NCC2(C)COC2)N1. The summed E-state index contributed by atoms with van der Waals surface area (Å²) in [5.74, 6) is 0.933. The van der Waals surface area contributed by atoms with Crippen molar-refractivity contribution in [3.63, 3.8) is 0 Å². The molecule has 0 saturated carbocycles. The second-order valence-electron chi connectivity index (χ2n) is 9.26. The van der Waals surface area contributed by atoms with Crippen molar-refractivity contribution in [1.29, 1.82) is 0 Å². The van der Waals surface area contributed by atoms with Crippen molar-refractivity contribution < 1.29 is 9.53 Å². The Morgan fingerprint density at radius 1 is 1.39 bits per heavy atom. The highest BCUT2D eigenvalue weighted by molar-refractivity contribution is 5.87. The molecule has 8 nitrogen and oxygen atoms in total. The number of hydrogen-bond acceptors (Lipinski definition) is 5. The second kappa shape index (κ2) is 8.00. The van der Waals surface area contributed by atoms with Crippen molar-refractivity contribution in [2.45, 2.75) is 52.2 Å². The lowest BCUT2D eigenvalue weighted by molar-refractivity contribution is -0.127. The molecule has 1 atom stereocenters. The van der Waals surface area contributed by atoms with E-state index in [9.17, 15) is 4.79 Å². The lowest BCUT2D eigenvalue weighted by Crippen LogP contribution is -2.49. The van der Waals surface area contributed by atoms with Crippen LogP contribution in [0.4, 0.5) is 5.69 Å². The summed E-state index contributed by atoms with van der Waals surface area (Å²) in [4.78, 5) is 17.8. The number of benzene rings is 1. The monoisotopic (exact) mass is 422 g/mol. The van der Waals surface area contributed by atoms with Gasteiger partial charge in [0.05, 0.1) is 24.2 Å². The van der Waals surface area contributed by atoms with E-state index in [1.54, 1.807) is 6.20 Å². The van der Waals surface area contributed by atoms with E-state index in [4.69, 9.17) is 9.72 Å². The van der Waals surface area contributed by atoms with Gasteiger partial charge in [0.1, 0.15) is 12.4 Å². The lowest BCUT2D eigenvalue weighted by atomic mass is 9.89. The van der Waals surface area contributed by atoms with Crippen LogP contribution in [0.2, 0.25) is 0 Å². The maximum absolute atomic E-state index is 12.8. The normalized spacial score (nSPS) is 19.5. The predicted molar refractivity (Wildman–Crippen MR) is 119 cm³/mol. The summed E-state index contributed by atoms with van der Waals surface area (Å²) in [6.45, 7) is 7.38. The van der Waals surface area contributed by atoms with Crippen molar-refractivity contribution in [1.82, 2.24) is 24.6 Å². The molecular weight excluding hydrogens is 392 g/mol. The van der Waals surface area contributed by atoms with E-state index in [-0.39, 0.29) is 17.9 Å². The summed E-state index contributed by atoms with van der Waals surface area (Å²) in [5, 5.41) is 11.0. The van der Waals surface area contributed by atoms with Gasteiger partial charge in [-0.05, 0) is 38.0 Å². The largest absolute Gasteiger partial charge is 0.382 e. The highest BCUT2D eigenvalue weighted by Gasteiger charge is 2.33. The van der Waals surface area contributed by atoms with E-state index in [1.807, 2.05) is 16.9 Å². The minimum absolute atomic E-state index is 0.0113. The Bertz CT molecular complexity index is 1080. The van der Waals surface area contributed by atoms with Crippen LogP contribution in [0, 0.1) is 5.41 Å². The molecule has 4 heterocycles. The number of ether oxygens (including phenoxy) is 1. The number of imidazole rings is 1. The van der Waals surface area contributed by atoms with E-state index in [1.165, 1.54) is 5.56 Å². The Kier molecular flexibility index (Phi) is 5.17. The molecule has 1 amide bonds. The summed E-state index contributed by atoms with van der Waals surface area (Å²) in [6.07, 6.45) is 6.54. The number of carbonyl (C=O) groups excluding carboxylic acids is 1. The summed E-state index contributed by atoms with van der Waals surface area (Å²) in [5.41, 5.74) is 4.52. The van der Waals surface area contributed by atoms with Gasteiger partial charge in [0.25, 0.3) is 0 Å². The fourth-order valence-corrected chi connectivity index (χ4v) is 4.46. The maximum atomic E-state index is 12.8. The molecular formula is C23H30N6O2. The molecule has 2 aliphatic rings. The third kappa shape index (κ3) is 4.04. The Morgan fingerprint density at radius 2 is 2.26 bits per heavy atom. The molecule has 0 bridgehead atoms. The first kappa shape index (κ1) is 20.1. The molecule has 2 aliphatic heterocycles. The van der Waals surface area contributed by atoms with Crippen molar-refractivity contribution in [2.75, 3.05) is 25.1 Å². The van der Waals surface area contributed by atoms with Gasteiger partial charge in [-0.3, -0.25) is 9.48 Å². The van der Waals surface area contributed by atoms with Gasteiger partial charge in [0.15, 0.2) is 0 Å². The molecule has 5 rings (SSSR count). The summed E-state index contributed by atoms with van der Waals surface area (Å²) < 4.78 is 9.28. The number of nitrogens with zero attached hydrogens (tertiary/aromatic N) is 4. The van der Waals surface area contributed by atoms with Gasteiger partial charge in [-0.15, -0.1) is 0 Å². The number of anilines is 1. The van der Waals surface area contributed by atoms with Crippen LogP contribution in [0.3, 0.4) is 0 Å². The highest BCUT2D eigenvalue weighted by Crippen LogP contribution is 2.32. The molecule has 0 unspecified atom stereocenters. The van der Waals surface area contributed by atoms with Gasteiger partial charge in [-0.25, -0.2) is 4.98 Å². The molecule has 8 heteroatoms. The van der Waals surface area contributed by atoms with E-state index < -0.39 is 0 Å². The van der Waals surface area contributed by atoms with Crippen LogP contribution in [0.25, 0.3) is 11.0 Å². The maximum Gasteiger partial charge on any atom is 0.240 e. The van der Waals surface area contributed by atoms with Crippen LogP contribution < -0.4 is 10.6 Å². The topological polar surface area (TPSA) is 86.0 Å². The van der Waals surface area contributed by atoms with Gasteiger partial charge < -0.3 is 19.9 Å². The Hall–Kier alpha value is -2.87. The quantitative estimate of drug-likeness (QED) is 0.611. The van der Waals surface area contributed by atoms with Crippen molar-refractivity contribution in [3.8, 4) is 0 Å². The third-order valence-corrected chi connectivity index (χ3v) is 6.37. The number of amides is 1. The summed E-state index contributed by atoms with van der Waals surface area (Å²) in [6, 6.07) is 6.62. The van der Waals surface area contributed by atoms with Gasteiger partial charge in [-0.2, -0.15) is 5.10 Å². The smallest absolute Gasteiger partial charge is 0.240 e. The fraction of sp³-hybridized carbons (Fsp3) is 0.522. The Morgan fingerprint density at radius 3 is 3.00 bits per heavy atom. The van der Waals surface area contributed by atoms with E-state index in [0.717, 1.165) is 41.9 Å². The third-order valence-electron chi connectivity index (χ3n) is 6.37. The van der Waals surface area contributed by atoms with Crippen molar-refractivity contribution in [3.05, 3.63) is 42.0 Å². The van der Waals surface area contributed by atoms with Crippen LogP contribution >= 0.6 is 0 Å². The lowest BCUT2D eigenvalue weighted by Gasteiger charge is -2.38. The molecule has 1 fully saturated rings. The first-order valence-corrected chi connectivity index (χ1v) is 11.1. The van der Waals surface area contributed by atoms with Crippen LogP contribution in [-0.4, -0.2) is 51.0 Å². The molecule has 0 aliphatic carbocycles. The first-order valence-electron chi connectivity index (χ1n) is 11.1. The number of nitrogens with one attached hydrogen (secondary N) is 2. The van der Waals surface area contributed by atoms with Crippen LogP contribution in [0.15, 0.2) is 30.6 Å². The molecule has 1 saturated heterocycles. The molecule has 0 spiro atoms. The average molecular weight is 423 g/mol. The summed E-state index contributed by atoms with van der Waals surface area (Å²) in [7, 11) is 0. The number of aryl methyl sites for hydroxylation is 3. The van der Waals surface area contributed by atoms with Crippen molar-refractivity contribution >= 4 is 22.6 Å². The molecule has 3 aromatic rings. The van der Waals surface area contributed by atoms with Gasteiger partial charge in [0, 0.05) is 54.6 Å². The minimum atomic E-state index is 0.0113. The summed E-state index contributed by atoms with van der Waals surface area (Å²) >= 11 is 0. The molecule has 2 N–H and O–H groups in total. The first-order chi connectivity index (χ1) is 15.0. The predicted octanol–water partition coefficient (Wildman–Crippen LogP) is 2.37. The van der Waals surface area contributed by atoms with E-state index >= 15 is 0 Å². The number of fused-ring (bicyclic) bond motifs is 3.